The Labute approximate surface area is 258 Å². The van der Waals surface area contributed by atoms with Crippen LogP contribution in [0.1, 0.15) is 23.1 Å². The zero-order chi connectivity index (χ0) is 29.2. The molecule has 0 bridgehead atoms. The van der Waals surface area contributed by atoms with Crippen LogP contribution in [0, 0.1) is 0 Å². The Morgan fingerprint density at radius 1 is 0.976 bits per heavy atom. The molecule has 2 aliphatic rings. The molecule has 3 aromatic rings. The lowest BCUT2D eigenvalue weighted by atomic mass is 9.84. The third-order valence-electron chi connectivity index (χ3n) is 7.50. The minimum Gasteiger partial charge on any atom is -0.445 e. The zero-order valence-corrected chi connectivity index (χ0v) is 25.3. The summed E-state index contributed by atoms with van der Waals surface area (Å²) in [5.74, 6) is 0. The van der Waals surface area contributed by atoms with Crippen LogP contribution in [0.25, 0.3) is 0 Å². The minimum atomic E-state index is -0.479. The minimum absolute atomic E-state index is 0.111. The van der Waals surface area contributed by atoms with Crippen molar-refractivity contribution in [2.45, 2.75) is 22.6 Å². The molecule has 9 heteroatoms. The van der Waals surface area contributed by atoms with Crippen molar-refractivity contribution in [3.63, 3.8) is 0 Å². The summed E-state index contributed by atoms with van der Waals surface area (Å²) in [7, 11) is 0. The van der Waals surface area contributed by atoms with Crippen LogP contribution in [0.4, 0.5) is 4.79 Å². The van der Waals surface area contributed by atoms with E-state index in [1.807, 2.05) is 11.8 Å². The molecule has 0 aromatic heterocycles. The van der Waals surface area contributed by atoms with Gasteiger partial charge < -0.3 is 14.9 Å². The topological polar surface area (TPSA) is 66.1 Å². The highest BCUT2D eigenvalue weighted by Gasteiger charge is 2.44. The van der Waals surface area contributed by atoms with Gasteiger partial charge in [0.1, 0.15) is 11.6 Å². The van der Waals surface area contributed by atoms with Crippen LogP contribution in [0.15, 0.2) is 104 Å². The number of morpholine rings is 1. The summed E-state index contributed by atoms with van der Waals surface area (Å²) in [5.41, 5.74) is 6.89. The number of nitrogens with one attached hydrogen (secondary N) is 2. The molecule has 2 aliphatic heterocycles. The second kappa shape index (κ2) is 14.8. The van der Waals surface area contributed by atoms with E-state index in [0.29, 0.717) is 31.3 Å². The second-order valence-electron chi connectivity index (χ2n) is 10.3. The highest BCUT2D eigenvalue weighted by atomic mass is 32.2. The first-order valence-electron chi connectivity index (χ1n) is 14.3. The molecule has 0 spiro atoms. The largest absolute Gasteiger partial charge is 0.445 e. The monoisotopic (exact) mass is 602 g/mol. The van der Waals surface area contributed by atoms with Crippen molar-refractivity contribution in [2.75, 3.05) is 46.0 Å². The van der Waals surface area contributed by atoms with Crippen molar-refractivity contribution >= 4 is 35.1 Å². The van der Waals surface area contributed by atoms with Gasteiger partial charge in [0.05, 0.1) is 24.1 Å². The molecule has 220 valence electrons. The molecular weight excluding hydrogens is 565 g/mol. The molecule has 2 heterocycles. The Kier molecular flexibility index (Phi) is 10.7. The number of rotatable bonds is 11. The fraction of sp³-hybridized carbons (Fsp3) is 0.333. The van der Waals surface area contributed by atoms with E-state index >= 15 is 0 Å². The van der Waals surface area contributed by atoms with Gasteiger partial charge in [-0.25, -0.2) is 9.80 Å². The second-order valence-corrected chi connectivity index (χ2v) is 12.3. The van der Waals surface area contributed by atoms with E-state index in [2.05, 4.69) is 113 Å². The third-order valence-corrected chi connectivity index (χ3v) is 9.47. The van der Waals surface area contributed by atoms with Crippen molar-refractivity contribution < 1.29 is 14.3 Å². The van der Waals surface area contributed by atoms with Crippen LogP contribution in [0.5, 0.6) is 0 Å². The molecule has 2 N–H and O–H groups in total. The Morgan fingerprint density at radius 2 is 1.52 bits per heavy atom. The first-order valence-corrected chi connectivity index (χ1v) is 15.6. The SMILES string of the molecule is C=CCOC(=O)N1CC(SC(c2ccccc2)(c2ccccc2)c2ccccc2)CC1NCC(=S)NN1CCOCC1. The first kappa shape index (κ1) is 30.3. The van der Waals surface area contributed by atoms with Gasteiger partial charge in [0.2, 0.25) is 0 Å². The van der Waals surface area contributed by atoms with Crippen LogP contribution < -0.4 is 10.7 Å². The summed E-state index contributed by atoms with van der Waals surface area (Å²) in [5, 5.41) is 5.72. The number of hydrogen-bond donors (Lipinski definition) is 2. The zero-order valence-electron chi connectivity index (χ0n) is 23.7. The van der Waals surface area contributed by atoms with E-state index in [1.54, 1.807) is 11.0 Å². The van der Waals surface area contributed by atoms with Crippen molar-refractivity contribution in [2.24, 2.45) is 0 Å². The highest BCUT2D eigenvalue weighted by Crippen LogP contribution is 2.52. The molecule has 0 aliphatic carbocycles. The van der Waals surface area contributed by atoms with Crippen LogP contribution >= 0.6 is 24.0 Å². The summed E-state index contributed by atoms with van der Waals surface area (Å²) in [6.45, 7) is 7.77. The molecule has 0 radical (unpaired) electrons. The number of nitrogens with zero attached hydrogens (tertiary/aromatic N) is 2. The van der Waals surface area contributed by atoms with E-state index in [4.69, 9.17) is 21.7 Å². The van der Waals surface area contributed by atoms with Gasteiger partial charge in [0.25, 0.3) is 0 Å². The number of thiocarbonyl (C=S) groups is 1. The summed E-state index contributed by atoms with van der Waals surface area (Å²) < 4.78 is 10.5. The van der Waals surface area contributed by atoms with E-state index in [1.165, 1.54) is 16.7 Å². The lowest BCUT2D eigenvalue weighted by molar-refractivity contribution is 0.0249. The molecule has 7 nitrogen and oxygen atoms in total. The van der Waals surface area contributed by atoms with Gasteiger partial charge in [-0.3, -0.25) is 10.2 Å². The molecule has 42 heavy (non-hydrogen) atoms. The highest BCUT2D eigenvalue weighted by molar-refractivity contribution is 8.01. The fourth-order valence-electron chi connectivity index (χ4n) is 5.57. The van der Waals surface area contributed by atoms with Gasteiger partial charge in [0.15, 0.2) is 0 Å². The first-order chi connectivity index (χ1) is 20.6. The summed E-state index contributed by atoms with van der Waals surface area (Å²) in [6, 6.07) is 31.9. The van der Waals surface area contributed by atoms with Crippen molar-refractivity contribution in [3.8, 4) is 0 Å². The predicted octanol–water partition coefficient (Wildman–Crippen LogP) is 5.19. The summed E-state index contributed by atoms with van der Waals surface area (Å²) in [6.07, 6.45) is 1.74. The molecule has 1 amide bonds. The molecule has 2 saturated heterocycles. The molecule has 3 aromatic carbocycles. The van der Waals surface area contributed by atoms with E-state index in [-0.39, 0.29) is 24.1 Å². The van der Waals surface area contributed by atoms with Gasteiger partial charge >= 0.3 is 6.09 Å². The number of likely N-dealkylation sites (tertiary alicyclic amines) is 1. The van der Waals surface area contributed by atoms with Gasteiger partial charge in [-0.2, -0.15) is 0 Å². The smallest absolute Gasteiger partial charge is 0.411 e. The fourth-order valence-corrected chi connectivity index (χ4v) is 7.61. The number of carbonyl (C=O) groups excluding carboxylic acids is 1. The Bertz CT molecular complexity index is 1210. The van der Waals surface area contributed by atoms with E-state index in [9.17, 15) is 4.79 Å². The summed E-state index contributed by atoms with van der Waals surface area (Å²) in [4.78, 5) is 15.7. The predicted molar refractivity (Wildman–Crippen MR) is 173 cm³/mol. The van der Waals surface area contributed by atoms with Gasteiger partial charge in [-0.15, -0.1) is 11.8 Å². The van der Waals surface area contributed by atoms with Crippen LogP contribution in [0.2, 0.25) is 0 Å². The lowest BCUT2D eigenvalue weighted by Crippen LogP contribution is -2.52. The van der Waals surface area contributed by atoms with Crippen LogP contribution in [-0.2, 0) is 14.2 Å². The molecular formula is C33H38N4O3S2. The summed E-state index contributed by atoms with van der Waals surface area (Å²) >= 11 is 7.53. The number of ether oxygens (including phenoxy) is 2. The van der Waals surface area contributed by atoms with Gasteiger partial charge in [-0.1, -0.05) is 116 Å². The molecule has 2 atom stereocenters. The Hall–Kier alpha value is -3.21. The Morgan fingerprint density at radius 3 is 2.05 bits per heavy atom. The number of thioether (sulfide) groups is 1. The number of amides is 1. The normalized spacial score (nSPS) is 19.3. The van der Waals surface area contributed by atoms with Crippen molar-refractivity contribution in [3.05, 3.63) is 120 Å². The average molecular weight is 603 g/mol. The quantitative estimate of drug-likeness (QED) is 0.177. The molecule has 5 rings (SSSR count). The van der Waals surface area contributed by atoms with E-state index < -0.39 is 4.75 Å². The number of carbonyl (C=O) groups is 1. The van der Waals surface area contributed by atoms with Crippen molar-refractivity contribution in [1.82, 2.24) is 20.7 Å². The molecule has 0 saturated carbocycles. The Balaban J connectivity index is 1.42. The maximum atomic E-state index is 13.2. The number of hydrazine groups is 1. The molecule has 2 unspecified atom stereocenters. The third kappa shape index (κ3) is 7.22. The maximum Gasteiger partial charge on any atom is 0.411 e. The lowest BCUT2D eigenvalue weighted by Gasteiger charge is -2.37. The standard InChI is InChI=1S/C33H38N4O3S2/c1-2-20-40-32(38)37-25-29(23-30(37)34-24-31(41)35-36-18-21-39-22-19-36)42-33(26-12-6-3-7-13-26,27-14-8-4-9-15-27)28-16-10-5-11-17-28/h2-17,29-30,34H,1,18-25H2,(H,35,41). The van der Waals surface area contributed by atoms with Crippen LogP contribution in [0.3, 0.4) is 0 Å². The van der Waals surface area contributed by atoms with Crippen LogP contribution in [-0.4, -0.2) is 78.4 Å². The van der Waals surface area contributed by atoms with Crippen molar-refractivity contribution in [1.29, 1.82) is 0 Å². The maximum absolute atomic E-state index is 13.2. The number of hydrogen-bond acceptors (Lipinski definition) is 7. The van der Waals surface area contributed by atoms with E-state index in [0.717, 1.165) is 19.5 Å². The number of benzene rings is 3. The molecule has 2 fully saturated rings. The van der Waals surface area contributed by atoms with Gasteiger partial charge in [-0.05, 0) is 23.1 Å². The van der Waals surface area contributed by atoms with Gasteiger partial charge in [0, 0.05) is 31.4 Å². The average Bonchev–Trinajstić information content (AvgIpc) is 3.46.